The molecule has 1 amide bonds. The number of nitrogens with one attached hydrogen (secondary N) is 2. The van der Waals surface area contributed by atoms with Crippen molar-refractivity contribution in [3.05, 3.63) is 90.9 Å². The molecule has 2 N–H and O–H groups in total. The second-order valence-electron chi connectivity index (χ2n) is 6.96. The first kappa shape index (κ1) is 20.7. The van der Waals surface area contributed by atoms with Crippen molar-refractivity contribution in [2.24, 2.45) is 5.10 Å². The van der Waals surface area contributed by atoms with E-state index in [-0.39, 0.29) is 16.8 Å². The Morgan fingerprint density at radius 1 is 1.10 bits per heavy atom. The average molecular weight is 407 g/mol. The van der Waals surface area contributed by atoms with Gasteiger partial charge in [-0.2, -0.15) is 5.10 Å². The van der Waals surface area contributed by atoms with Crippen molar-refractivity contribution in [3.8, 4) is 5.69 Å². The first-order valence-electron chi connectivity index (χ1n) is 9.17. The molecule has 2 aromatic carbocycles. The minimum absolute atomic E-state index is 0.110. The molecular weight excluding hydrogens is 386 g/mol. The van der Waals surface area contributed by atoms with Crippen LogP contribution >= 0.6 is 0 Å². The van der Waals surface area contributed by atoms with Crippen molar-refractivity contribution < 1.29 is 9.72 Å². The number of aromatic nitrogens is 2. The number of nitrogens with zero attached hydrogens (tertiary/aromatic N) is 3. The van der Waals surface area contributed by atoms with Gasteiger partial charge in [-0.3, -0.25) is 24.8 Å². The summed E-state index contributed by atoms with van der Waals surface area (Å²) in [6.45, 7) is 7.35. The maximum absolute atomic E-state index is 12.9. The highest BCUT2D eigenvalue weighted by Gasteiger charge is 2.16. The third-order valence-electron chi connectivity index (χ3n) is 4.85. The highest BCUT2D eigenvalue weighted by atomic mass is 16.6. The Hall–Kier alpha value is -4.01. The molecule has 9 nitrogen and oxygen atoms in total. The van der Waals surface area contributed by atoms with Gasteiger partial charge in [-0.25, -0.2) is 10.1 Å². The van der Waals surface area contributed by atoms with Gasteiger partial charge in [-0.15, -0.1) is 0 Å². The monoisotopic (exact) mass is 407 g/mol. The summed E-state index contributed by atoms with van der Waals surface area (Å²) < 4.78 is 1.44. The predicted octanol–water partition coefficient (Wildman–Crippen LogP) is 3.15. The van der Waals surface area contributed by atoms with Crippen LogP contribution in [0.5, 0.6) is 0 Å². The number of benzene rings is 2. The number of non-ortho nitro benzene ring substituents is 1. The number of aromatic amines is 1. The number of carbonyl (C=O) groups excluding carboxylic acids is 1. The number of amides is 1. The molecule has 30 heavy (non-hydrogen) atoms. The van der Waals surface area contributed by atoms with Gasteiger partial charge >= 0.3 is 0 Å². The van der Waals surface area contributed by atoms with Gasteiger partial charge in [0.25, 0.3) is 17.2 Å². The molecule has 154 valence electrons. The summed E-state index contributed by atoms with van der Waals surface area (Å²) in [5.74, 6) is -0.535. The molecule has 0 radical (unpaired) electrons. The smallest absolute Gasteiger partial charge is 0.280 e. The highest BCUT2D eigenvalue weighted by molar-refractivity contribution is 6.01. The zero-order chi connectivity index (χ0) is 22.0. The van der Waals surface area contributed by atoms with Crippen molar-refractivity contribution in [2.75, 3.05) is 0 Å². The zero-order valence-electron chi connectivity index (χ0n) is 17.0. The highest BCUT2D eigenvalue weighted by Crippen LogP contribution is 2.14. The third kappa shape index (κ3) is 4.04. The molecule has 3 rings (SSSR count). The maximum Gasteiger partial charge on any atom is 0.280 e. The largest absolute Gasteiger partial charge is 0.295 e. The molecule has 0 spiro atoms. The van der Waals surface area contributed by atoms with Gasteiger partial charge in [0.2, 0.25) is 0 Å². The van der Waals surface area contributed by atoms with E-state index in [4.69, 9.17) is 0 Å². The molecule has 0 aliphatic rings. The second kappa shape index (κ2) is 8.16. The van der Waals surface area contributed by atoms with E-state index in [1.165, 1.54) is 28.9 Å². The fourth-order valence-electron chi connectivity index (χ4n) is 3.01. The van der Waals surface area contributed by atoms with E-state index in [1.54, 1.807) is 13.8 Å². The quantitative estimate of drug-likeness (QED) is 0.383. The van der Waals surface area contributed by atoms with E-state index in [9.17, 15) is 19.7 Å². The van der Waals surface area contributed by atoms with Crippen LogP contribution in [0.4, 0.5) is 5.69 Å². The molecule has 9 heteroatoms. The molecule has 0 bridgehead atoms. The molecule has 0 fully saturated rings. The summed E-state index contributed by atoms with van der Waals surface area (Å²) in [6.07, 6.45) is 0. The fraction of sp³-hybridized carbons (Fsp3) is 0.190. The molecule has 1 heterocycles. The Labute approximate surface area is 172 Å². The molecule has 0 unspecified atom stereocenters. The Kier molecular flexibility index (Phi) is 5.63. The molecule has 1 aromatic heterocycles. The lowest BCUT2D eigenvalue weighted by atomic mass is 10.1. The van der Waals surface area contributed by atoms with Gasteiger partial charge in [-0.1, -0.05) is 6.07 Å². The van der Waals surface area contributed by atoms with Crippen molar-refractivity contribution in [2.45, 2.75) is 27.7 Å². The van der Waals surface area contributed by atoms with Crippen LogP contribution < -0.4 is 11.0 Å². The van der Waals surface area contributed by atoms with Gasteiger partial charge in [0.05, 0.1) is 21.9 Å². The standard InChI is InChI=1S/C21H21N5O4/c1-12-5-8-18(11-13(12)2)25-21(28)19(15(4)24-25)14(3)22-23-20(27)16-6-9-17(10-7-16)26(29)30/h5-11,24H,1-4H3,(H,23,27)/b22-14+. The first-order valence-corrected chi connectivity index (χ1v) is 9.17. The van der Waals surface area contributed by atoms with Crippen LogP contribution in [0.15, 0.2) is 52.4 Å². The van der Waals surface area contributed by atoms with E-state index in [0.29, 0.717) is 22.7 Å². The maximum atomic E-state index is 12.9. The van der Waals surface area contributed by atoms with E-state index in [1.807, 2.05) is 32.0 Å². The molecule has 0 atom stereocenters. The Bertz CT molecular complexity index is 1220. The van der Waals surface area contributed by atoms with Crippen LogP contribution in [-0.4, -0.2) is 26.3 Å². The molecular formula is C21H21N5O4. The number of carbonyl (C=O) groups is 1. The minimum Gasteiger partial charge on any atom is -0.295 e. The SMILES string of the molecule is C/C(=N\NC(=O)c1ccc([N+](=O)[O-])cc1)c1c(C)[nH]n(-c2ccc(C)c(C)c2)c1=O. The summed E-state index contributed by atoms with van der Waals surface area (Å²) in [4.78, 5) is 35.3. The van der Waals surface area contributed by atoms with Crippen LogP contribution in [-0.2, 0) is 0 Å². The van der Waals surface area contributed by atoms with Crippen molar-refractivity contribution in [1.29, 1.82) is 0 Å². The number of H-pyrrole nitrogens is 1. The van der Waals surface area contributed by atoms with Gasteiger partial charge in [-0.05, 0) is 63.1 Å². The van der Waals surface area contributed by atoms with Crippen molar-refractivity contribution in [1.82, 2.24) is 15.2 Å². The molecule has 3 aromatic rings. The predicted molar refractivity (Wildman–Crippen MR) is 113 cm³/mol. The molecule has 0 aliphatic carbocycles. The van der Waals surface area contributed by atoms with Gasteiger partial charge in [0, 0.05) is 23.4 Å². The lowest BCUT2D eigenvalue weighted by molar-refractivity contribution is -0.384. The summed E-state index contributed by atoms with van der Waals surface area (Å²) >= 11 is 0. The number of nitro groups is 1. The number of hydrogen-bond donors (Lipinski definition) is 2. The third-order valence-corrected chi connectivity index (χ3v) is 4.85. The number of rotatable bonds is 5. The van der Waals surface area contributed by atoms with Gasteiger partial charge < -0.3 is 0 Å². The Morgan fingerprint density at radius 3 is 2.37 bits per heavy atom. The lowest BCUT2D eigenvalue weighted by Crippen LogP contribution is -2.23. The van der Waals surface area contributed by atoms with Crippen LogP contribution in [0, 0.1) is 30.9 Å². The molecule has 0 aliphatic heterocycles. The zero-order valence-corrected chi connectivity index (χ0v) is 17.0. The lowest BCUT2D eigenvalue weighted by Gasteiger charge is -2.05. The summed E-state index contributed by atoms with van der Waals surface area (Å²) in [7, 11) is 0. The van der Waals surface area contributed by atoms with Crippen LogP contribution in [0.1, 0.15) is 39.7 Å². The van der Waals surface area contributed by atoms with Crippen LogP contribution in [0.2, 0.25) is 0 Å². The van der Waals surface area contributed by atoms with Gasteiger partial charge in [0.1, 0.15) is 0 Å². The second-order valence-corrected chi connectivity index (χ2v) is 6.96. The van der Waals surface area contributed by atoms with Crippen LogP contribution in [0.3, 0.4) is 0 Å². The van der Waals surface area contributed by atoms with E-state index >= 15 is 0 Å². The Morgan fingerprint density at radius 2 is 1.77 bits per heavy atom. The summed E-state index contributed by atoms with van der Waals surface area (Å²) in [6, 6.07) is 10.9. The van der Waals surface area contributed by atoms with Crippen molar-refractivity contribution >= 4 is 17.3 Å². The fourth-order valence-corrected chi connectivity index (χ4v) is 3.01. The number of nitro benzene ring substituents is 1. The molecule has 0 saturated carbocycles. The Balaban J connectivity index is 1.85. The first-order chi connectivity index (χ1) is 14.2. The minimum atomic E-state index is -0.542. The van der Waals surface area contributed by atoms with E-state index in [0.717, 1.165) is 11.1 Å². The molecule has 0 saturated heterocycles. The normalized spacial score (nSPS) is 11.4. The number of hydrogen-bond acceptors (Lipinski definition) is 5. The van der Waals surface area contributed by atoms with Crippen molar-refractivity contribution in [3.63, 3.8) is 0 Å². The average Bonchev–Trinajstić information content (AvgIpc) is 3.02. The van der Waals surface area contributed by atoms with E-state index in [2.05, 4.69) is 15.6 Å². The van der Waals surface area contributed by atoms with E-state index < -0.39 is 10.8 Å². The summed E-state index contributed by atoms with van der Waals surface area (Å²) in [5.41, 5.74) is 6.43. The summed E-state index contributed by atoms with van der Waals surface area (Å²) in [5, 5.41) is 17.8. The topological polar surface area (TPSA) is 122 Å². The van der Waals surface area contributed by atoms with Gasteiger partial charge in [0.15, 0.2) is 0 Å². The van der Waals surface area contributed by atoms with Crippen LogP contribution in [0.25, 0.3) is 5.69 Å². The number of aryl methyl sites for hydroxylation is 3. The number of hydrazone groups is 1.